The fraction of sp³-hybridized carbons (Fsp3) is 0.409. The van der Waals surface area contributed by atoms with Gasteiger partial charge in [-0.15, -0.1) is 0 Å². The second-order valence-electron chi connectivity index (χ2n) is 8.33. The molecule has 2 fully saturated rings. The van der Waals surface area contributed by atoms with Gasteiger partial charge in [0.25, 0.3) is 5.91 Å². The van der Waals surface area contributed by atoms with E-state index in [0.29, 0.717) is 18.5 Å². The normalized spacial score (nSPS) is 22.7. The maximum Gasteiger partial charge on any atom is 0.256 e. The summed E-state index contributed by atoms with van der Waals surface area (Å²) in [7, 11) is 0. The number of likely N-dealkylation sites (tertiary alicyclic amines) is 1. The summed E-state index contributed by atoms with van der Waals surface area (Å²) < 4.78 is 42.7. The van der Waals surface area contributed by atoms with Gasteiger partial charge < -0.3 is 20.4 Å². The average molecular weight is 435 g/mol. The zero-order chi connectivity index (χ0) is 22.4. The summed E-state index contributed by atoms with van der Waals surface area (Å²) in [4.78, 5) is 14.2. The number of aliphatic hydroxyl groups is 2. The van der Waals surface area contributed by atoms with Gasteiger partial charge in [-0.3, -0.25) is 10.1 Å². The van der Waals surface area contributed by atoms with Gasteiger partial charge in [-0.05, 0) is 62.6 Å². The first-order valence-corrected chi connectivity index (χ1v) is 10.1. The number of nitrogens with one attached hydrogen (secondary N) is 2. The number of nitrogens with zero attached hydrogens (tertiary/aromatic N) is 1. The Balaban J connectivity index is 1.58. The summed E-state index contributed by atoms with van der Waals surface area (Å²) in [5.74, 6) is -3.84. The molecule has 2 aliphatic heterocycles. The van der Waals surface area contributed by atoms with E-state index in [1.165, 1.54) is 17.0 Å². The third-order valence-electron chi connectivity index (χ3n) is 6.05. The van der Waals surface area contributed by atoms with E-state index in [0.717, 1.165) is 25.0 Å². The summed E-state index contributed by atoms with van der Waals surface area (Å²) in [6.45, 7) is 1.89. The topological polar surface area (TPSA) is 84.8 Å². The number of carbonyl (C=O) groups is 1. The second kappa shape index (κ2) is 7.81. The summed E-state index contributed by atoms with van der Waals surface area (Å²) >= 11 is 0. The van der Waals surface area contributed by atoms with Crippen LogP contribution < -0.4 is 10.6 Å². The zero-order valence-corrected chi connectivity index (χ0v) is 17.0. The van der Waals surface area contributed by atoms with Crippen molar-refractivity contribution in [2.45, 2.75) is 37.5 Å². The summed E-state index contributed by atoms with van der Waals surface area (Å²) in [5.41, 5.74) is -3.21. The van der Waals surface area contributed by atoms with Gasteiger partial charge in [0, 0.05) is 0 Å². The molecule has 0 radical (unpaired) electrons. The Hall–Kier alpha value is -2.62. The molecule has 1 atom stereocenters. The molecule has 2 aliphatic rings. The van der Waals surface area contributed by atoms with E-state index in [1.807, 2.05) is 0 Å². The number of benzene rings is 2. The van der Waals surface area contributed by atoms with Crippen LogP contribution in [0.2, 0.25) is 0 Å². The molecule has 0 aliphatic carbocycles. The molecule has 0 aromatic heterocycles. The minimum atomic E-state index is -1.54. The van der Waals surface area contributed by atoms with Crippen LogP contribution in [0.5, 0.6) is 0 Å². The Morgan fingerprint density at radius 1 is 1.10 bits per heavy atom. The van der Waals surface area contributed by atoms with Crippen molar-refractivity contribution in [3.8, 4) is 0 Å². The highest BCUT2D eigenvalue weighted by Crippen LogP contribution is 2.38. The standard InChI is InChI=1S/C22H24F3N3O3/c1-13-4-7-17(16(24)10-13)27-19-14(5-6-15(23)18(19)25)20(29)28-11-21(30,12-28)22(31)8-2-3-9-26-22/h4-7,10,26-27,30-31H,2-3,8-9,11-12H2,1H3/t22-/m1/s1. The lowest BCUT2D eigenvalue weighted by atomic mass is 9.78. The predicted octanol–water partition coefficient (Wildman–Crippen LogP) is 2.80. The molecule has 2 aromatic carbocycles. The van der Waals surface area contributed by atoms with Gasteiger partial charge in [0.1, 0.15) is 17.1 Å². The molecule has 166 valence electrons. The van der Waals surface area contributed by atoms with Gasteiger partial charge in [-0.25, -0.2) is 13.2 Å². The molecule has 31 heavy (non-hydrogen) atoms. The fourth-order valence-corrected chi connectivity index (χ4v) is 4.15. The van der Waals surface area contributed by atoms with Crippen molar-refractivity contribution in [2.75, 3.05) is 25.0 Å². The summed E-state index contributed by atoms with van der Waals surface area (Å²) in [6.07, 6.45) is 1.95. The summed E-state index contributed by atoms with van der Waals surface area (Å²) in [6, 6.07) is 6.13. The van der Waals surface area contributed by atoms with Gasteiger partial charge in [0.2, 0.25) is 0 Å². The van der Waals surface area contributed by atoms with Crippen molar-refractivity contribution in [1.29, 1.82) is 0 Å². The van der Waals surface area contributed by atoms with Crippen LogP contribution in [0.25, 0.3) is 0 Å². The zero-order valence-electron chi connectivity index (χ0n) is 17.0. The first-order chi connectivity index (χ1) is 14.6. The molecule has 4 rings (SSSR count). The van der Waals surface area contributed by atoms with Crippen LogP contribution in [0.3, 0.4) is 0 Å². The molecular formula is C22H24F3N3O3. The number of β-amino-alcohol motifs (C(OH)–C–C–N with tert-alkyl or cyclic N) is 1. The number of piperidine rings is 1. The quantitative estimate of drug-likeness (QED) is 0.594. The van der Waals surface area contributed by atoms with Crippen LogP contribution in [-0.4, -0.2) is 52.0 Å². The van der Waals surface area contributed by atoms with Gasteiger partial charge in [0.05, 0.1) is 30.0 Å². The molecule has 0 unspecified atom stereocenters. The maximum absolute atomic E-state index is 14.6. The molecule has 2 heterocycles. The molecule has 4 N–H and O–H groups in total. The average Bonchev–Trinajstić information content (AvgIpc) is 2.71. The Morgan fingerprint density at radius 3 is 2.48 bits per heavy atom. The van der Waals surface area contributed by atoms with Crippen LogP contribution >= 0.6 is 0 Å². The van der Waals surface area contributed by atoms with E-state index in [2.05, 4.69) is 10.6 Å². The monoisotopic (exact) mass is 435 g/mol. The molecule has 2 saturated heterocycles. The molecule has 9 heteroatoms. The third-order valence-corrected chi connectivity index (χ3v) is 6.05. The van der Waals surface area contributed by atoms with E-state index in [-0.39, 0.29) is 24.3 Å². The smallest absolute Gasteiger partial charge is 0.256 e. The molecule has 2 aromatic rings. The molecule has 0 saturated carbocycles. The lowest BCUT2D eigenvalue weighted by Gasteiger charge is -2.55. The fourth-order valence-electron chi connectivity index (χ4n) is 4.15. The van der Waals surface area contributed by atoms with Crippen LogP contribution in [-0.2, 0) is 0 Å². The highest BCUT2D eigenvalue weighted by atomic mass is 19.2. The Labute approximate surface area is 177 Å². The summed E-state index contributed by atoms with van der Waals surface area (Å²) in [5, 5.41) is 27.0. The predicted molar refractivity (Wildman–Crippen MR) is 108 cm³/mol. The van der Waals surface area contributed by atoms with E-state index in [4.69, 9.17) is 0 Å². The van der Waals surface area contributed by atoms with Gasteiger partial charge in [-0.2, -0.15) is 0 Å². The number of halogens is 3. The van der Waals surface area contributed by atoms with Crippen LogP contribution in [0.15, 0.2) is 30.3 Å². The number of hydrogen-bond donors (Lipinski definition) is 4. The van der Waals surface area contributed by atoms with Crippen LogP contribution in [0.1, 0.15) is 35.2 Å². The van der Waals surface area contributed by atoms with Crippen molar-refractivity contribution < 1.29 is 28.2 Å². The van der Waals surface area contributed by atoms with Crippen molar-refractivity contribution in [3.63, 3.8) is 0 Å². The molecule has 0 spiro atoms. The number of carbonyl (C=O) groups excluding carboxylic acids is 1. The van der Waals surface area contributed by atoms with Gasteiger partial charge in [0.15, 0.2) is 11.6 Å². The van der Waals surface area contributed by atoms with Crippen molar-refractivity contribution in [1.82, 2.24) is 10.2 Å². The minimum absolute atomic E-state index is 0.106. The number of hydrogen-bond acceptors (Lipinski definition) is 5. The lowest BCUT2D eigenvalue weighted by molar-refractivity contribution is -0.229. The first kappa shape index (κ1) is 21.6. The van der Waals surface area contributed by atoms with E-state index >= 15 is 0 Å². The third kappa shape index (κ3) is 3.77. The van der Waals surface area contributed by atoms with E-state index < -0.39 is 40.4 Å². The molecule has 6 nitrogen and oxygen atoms in total. The lowest BCUT2D eigenvalue weighted by Crippen LogP contribution is -2.78. The van der Waals surface area contributed by atoms with Crippen molar-refractivity contribution in [2.24, 2.45) is 0 Å². The highest BCUT2D eigenvalue weighted by molar-refractivity contribution is 6.01. The molecule has 1 amide bonds. The van der Waals surface area contributed by atoms with Crippen LogP contribution in [0.4, 0.5) is 24.5 Å². The Bertz CT molecular complexity index is 1020. The Morgan fingerprint density at radius 2 is 1.84 bits per heavy atom. The maximum atomic E-state index is 14.6. The van der Waals surface area contributed by atoms with Crippen molar-refractivity contribution >= 4 is 17.3 Å². The largest absolute Gasteiger partial charge is 0.382 e. The second-order valence-corrected chi connectivity index (χ2v) is 8.33. The number of aryl methyl sites for hydroxylation is 1. The Kier molecular flexibility index (Phi) is 5.45. The minimum Gasteiger partial charge on any atom is -0.382 e. The van der Waals surface area contributed by atoms with Crippen molar-refractivity contribution in [3.05, 3.63) is 58.9 Å². The van der Waals surface area contributed by atoms with E-state index in [1.54, 1.807) is 13.0 Å². The SMILES string of the molecule is Cc1ccc(Nc2c(C(=O)N3CC(O)([C@]4(O)CCCCN4)C3)ccc(F)c2F)c(F)c1. The van der Waals surface area contributed by atoms with E-state index in [9.17, 15) is 28.2 Å². The number of rotatable bonds is 4. The van der Waals surface area contributed by atoms with Gasteiger partial charge in [-0.1, -0.05) is 6.07 Å². The highest BCUT2D eigenvalue weighted by Gasteiger charge is 2.58. The number of amides is 1. The molecular weight excluding hydrogens is 411 g/mol. The number of anilines is 2. The van der Waals surface area contributed by atoms with Gasteiger partial charge >= 0.3 is 0 Å². The molecule has 0 bridgehead atoms. The van der Waals surface area contributed by atoms with Crippen LogP contribution in [0, 0.1) is 24.4 Å². The first-order valence-electron chi connectivity index (χ1n) is 10.1.